The highest BCUT2D eigenvalue weighted by Gasteiger charge is 2.23. The summed E-state index contributed by atoms with van der Waals surface area (Å²) in [7, 11) is -3.35. The normalized spacial score (nSPS) is 17.9. The minimum Gasteiger partial charge on any atom is -0.378 e. The summed E-state index contributed by atoms with van der Waals surface area (Å²) in [6.07, 6.45) is 7.96. The second-order valence-electron chi connectivity index (χ2n) is 9.04. The van der Waals surface area contributed by atoms with Crippen LogP contribution in [0.15, 0.2) is 65.7 Å². The highest BCUT2D eigenvalue weighted by Crippen LogP contribution is 2.35. The molecule has 0 saturated carbocycles. The first-order chi connectivity index (χ1) is 16.9. The van der Waals surface area contributed by atoms with E-state index < -0.39 is 15.9 Å². The second-order valence-corrected chi connectivity index (χ2v) is 11.1. The number of carbonyl (C=O) groups excluding carboxylic acids is 1. The summed E-state index contributed by atoms with van der Waals surface area (Å²) in [6.45, 7) is 2.09. The van der Waals surface area contributed by atoms with Crippen molar-refractivity contribution in [2.75, 3.05) is 24.7 Å². The Morgan fingerprint density at radius 1 is 1.06 bits per heavy atom. The molecule has 1 aromatic heterocycles. The lowest BCUT2D eigenvalue weighted by Gasteiger charge is -2.24. The van der Waals surface area contributed by atoms with Gasteiger partial charge in [-0.1, -0.05) is 24.3 Å². The molecule has 7 nitrogen and oxygen atoms in total. The molecule has 1 atom stereocenters. The molecule has 5 rings (SSSR count). The molecule has 3 heterocycles. The molecule has 2 aliphatic heterocycles. The summed E-state index contributed by atoms with van der Waals surface area (Å²) >= 11 is 0. The molecule has 3 N–H and O–H groups in total. The summed E-state index contributed by atoms with van der Waals surface area (Å²) in [5.41, 5.74) is 5.12. The van der Waals surface area contributed by atoms with Gasteiger partial charge in [0.25, 0.3) is 0 Å². The van der Waals surface area contributed by atoms with Crippen LogP contribution in [-0.2, 0) is 14.6 Å². The predicted octanol–water partition coefficient (Wildman–Crippen LogP) is 4.18. The van der Waals surface area contributed by atoms with Gasteiger partial charge in [0.05, 0.1) is 10.6 Å². The van der Waals surface area contributed by atoms with E-state index in [0.29, 0.717) is 23.0 Å². The molecule has 0 bridgehead atoms. The van der Waals surface area contributed by atoms with Crippen molar-refractivity contribution in [1.82, 2.24) is 15.6 Å². The lowest BCUT2D eigenvalue weighted by Crippen LogP contribution is -2.26. The first-order valence-electron chi connectivity index (χ1n) is 11.7. The summed E-state index contributed by atoms with van der Waals surface area (Å²) in [6, 6.07) is 16.5. The second kappa shape index (κ2) is 9.64. The molecule has 0 amide bonds. The van der Waals surface area contributed by atoms with Gasteiger partial charge in [0.15, 0.2) is 9.84 Å². The molecule has 0 aliphatic carbocycles. The van der Waals surface area contributed by atoms with Crippen molar-refractivity contribution in [3.63, 3.8) is 0 Å². The number of rotatable bonds is 6. The Bertz CT molecular complexity index is 1380. The highest BCUT2D eigenvalue weighted by atomic mass is 32.2. The monoisotopic (exact) mass is 488 g/mol. The maximum Gasteiger partial charge on any atom is 0.175 e. The van der Waals surface area contributed by atoms with Crippen molar-refractivity contribution in [3.8, 4) is 11.3 Å². The first-order valence-corrected chi connectivity index (χ1v) is 13.6. The quantitative estimate of drug-likeness (QED) is 0.448. The number of pyridine rings is 1. The Morgan fingerprint density at radius 2 is 1.83 bits per heavy atom. The number of anilines is 2. The fourth-order valence-corrected chi connectivity index (χ4v) is 5.40. The number of aromatic nitrogens is 1. The van der Waals surface area contributed by atoms with Gasteiger partial charge < -0.3 is 20.7 Å². The van der Waals surface area contributed by atoms with Crippen LogP contribution in [0.4, 0.5) is 11.5 Å². The topological polar surface area (TPSA) is 100 Å². The molecule has 2 aliphatic rings. The number of fused-ring (bicyclic) bond motifs is 1. The summed E-state index contributed by atoms with van der Waals surface area (Å²) in [5.74, 6) is 1.13. The third kappa shape index (κ3) is 4.99. The van der Waals surface area contributed by atoms with Gasteiger partial charge in [-0.15, -0.1) is 0 Å². The van der Waals surface area contributed by atoms with Crippen LogP contribution in [0.25, 0.3) is 17.3 Å². The van der Waals surface area contributed by atoms with Crippen LogP contribution in [0.3, 0.4) is 0 Å². The van der Waals surface area contributed by atoms with Gasteiger partial charge in [0.2, 0.25) is 0 Å². The summed E-state index contributed by atoms with van der Waals surface area (Å²) in [5, 5.41) is 9.89. The summed E-state index contributed by atoms with van der Waals surface area (Å²) in [4.78, 5) is 16.9. The minimum absolute atomic E-state index is 0.237. The number of piperidine rings is 1. The molecule has 180 valence electrons. The molecule has 2 aromatic carbocycles. The molecule has 1 fully saturated rings. The van der Waals surface area contributed by atoms with E-state index >= 15 is 0 Å². The smallest absolute Gasteiger partial charge is 0.175 e. The maximum atomic E-state index is 12.1. The lowest BCUT2D eigenvalue weighted by atomic mass is 9.90. The zero-order chi connectivity index (χ0) is 24.4. The van der Waals surface area contributed by atoms with Gasteiger partial charge in [0.1, 0.15) is 18.1 Å². The first kappa shape index (κ1) is 23.3. The standard InChI is InChI=1S/C27H28N4O3S/c1-35(33,34)23-4-2-3-20(15-23)24-16-21-11-14-29-25(17-32)26(21)27(31-24)30-22-7-5-18(6-8-22)19-9-12-28-13-10-19/h2-8,11,14-17,19,25,28-29H,9-10,12-13H2,1H3,(H,30,31). The minimum atomic E-state index is -3.35. The maximum absolute atomic E-state index is 12.1. The molecule has 1 unspecified atom stereocenters. The number of hydrogen-bond acceptors (Lipinski definition) is 7. The lowest BCUT2D eigenvalue weighted by molar-refractivity contribution is -0.109. The van der Waals surface area contributed by atoms with Crippen LogP contribution in [-0.4, -0.2) is 39.0 Å². The van der Waals surface area contributed by atoms with Crippen LogP contribution in [0.2, 0.25) is 0 Å². The largest absolute Gasteiger partial charge is 0.378 e. The number of sulfone groups is 1. The Kier molecular flexibility index (Phi) is 6.40. The number of benzene rings is 2. The number of nitrogens with zero attached hydrogens (tertiary/aromatic N) is 1. The number of aldehydes is 1. The predicted molar refractivity (Wildman–Crippen MR) is 138 cm³/mol. The van der Waals surface area contributed by atoms with E-state index in [1.54, 1.807) is 24.4 Å². The van der Waals surface area contributed by atoms with Gasteiger partial charge in [0, 0.05) is 23.1 Å². The number of nitrogens with one attached hydrogen (secondary N) is 3. The zero-order valence-corrected chi connectivity index (χ0v) is 20.3. The summed E-state index contributed by atoms with van der Waals surface area (Å²) < 4.78 is 24.2. The van der Waals surface area contributed by atoms with Crippen molar-refractivity contribution in [2.24, 2.45) is 0 Å². The van der Waals surface area contributed by atoms with E-state index in [-0.39, 0.29) is 4.90 Å². The van der Waals surface area contributed by atoms with Crippen molar-refractivity contribution in [3.05, 3.63) is 77.5 Å². The molecule has 0 spiro atoms. The molecular formula is C27H28N4O3S. The van der Waals surface area contributed by atoms with E-state index in [0.717, 1.165) is 49.0 Å². The highest BCUT2D eigenvalue weighted by molar-refractivity contribution is 7.90. The third-order valence-corrected chi connectivity index (χ3v) is 7.73. The molecule has 35 heavy (non-hydrogen) atoms. The average molecular weight is 489 g/mol. The van der Waals surface area contributed by atoms with Crippen molar-refractivity contribution >= 4 is 33.7 Å². The van der Waals surface area contributed by atoms with Crippen LogP contribution in [0, 0.1) is 0 Å². The van der Waals surface area contributed by atoms with Crippen LogP contribution < -0.4 is 16.0 Å². The van der Waals surface area contributed by atoms with Gasteiger partial charge in [-0.25, -0.2) is 13.4 Å². The van der Waals surface area contributed by atoms with E-state index in [1.807, 2.05) is 30.3 Å². The van der Waals surface area contributed by atoms with Crippen LogP contribution in [0.1, 0.15) is 41.5 Å². The van der Waals surface area contributed by atoms with Crippen LogP contribution in [0.5, 0.6) is 0 Å². The van der Waals surface area contributed by atoms with Crippen LogP contribution >= 0.6 is 0 Å². The van der Waals surface area contributed by atoms with E-state index in [9.17, 15) is 13.2 Å². The number of carbonyl (C=O) groups is 1. The van der Waals surface area contributed by atoms with Crippen molar-refractivity contribution < 1.29 is 13.2 Å². The van der Waals surface area contributed by atoms with Gasteiger partial charge in [-0.2, -0.15) is 0 Å². The fourth-order valence-electron chi connectivity index (χ4n) is 4.73. The number of hydrogen-bond donors (Lipinski definition) is 3. The molecule has 8 heteroatoms. The average Bonchev–Trinajstić information content (AvgIpc) is 2.88. The SMILES string of the molecule is CS(=O)(=O)c1cccc(-c2cc3c(c(Nc4ccc(C5CCNCC5)cc4)n2)C(C=O)NC=C3)c1. The Balaban J connectivity index is 1.53. The molecular weight excluding hydrogens is 460 g/mol. The van der Waals surface area contributed by atoms with E-state index in [2.05, 4.69) is 28.1 Å². The van der Waals surface area contributed by atoms with E-state index in [4.69, 9.17) is 4.98 Å². The van der Waals surface area contributed by atoms with Gasteiger partial charge in [-0.05, 0) is 85.6 Å². The van der Waals surface area contributed by atoms with Crippen molar-refractivity contribution in [1.29, 1.82) is 0 Å². The third-order valence-electron chi connectivity index (χ3n) is 6.62. The molecule has 1 saturated heterocycles. The Labute approximate surface area is 205 Å². The Morgan fingerprint density at radius 3 is 2.54 bits per heavy atom. The Hall–Kier alpha value is -3.49. The van der Waals surface area contributed by atoms with Gasteiger partial charge in [-0.3, -0.25) is 0 Å². The van der Waals surface area contributed by atoms with Gasteiger partial charge >= 0.3 is 0 Å². The van der Waals surface area contributed by atoms with Crippen molar-refractivity contribution in [2.45, 2.75) is 29.7 Å². The van der Waals surface area contributed by atoms with E-state index in [1.165, 1.54) is 11.8 Å². The molecule has 0 radical (unpaired) electrons. The fraction of sp³-hybridized carbons (Fsp3) is 0.259. The zero-order valence-electron chi connectivity index (χ0n) is 19.5. The molecule has 3 aromatic rings.